The van der Waals surface area contributed by atoms with Crippen LogP contribution in [-0.2, 0) is 0 Å². The summed E-state index contributed by atoms with van der Waals surface area (Å²) in [5.74, 6) is 0.843. The van der Waals surface area contributed by atoms with Gasteiger partial charge in [0.15, 0.2) is 0 Å². The van der Waals surface area contributed by atoms with Gasteiger partial charge in [-0.1, -0.05) is 12.2 Å². The Morgan fingerprint density at radius 3 is 2.71 bits per heavy atom. The van der Waals surface area contributed by atoms with Gasteiger partial charge in [0.05, 0.1) is 6.33 Å². The van der Waals surface area contributed by atoms with E-state index in [4.69, 9.17) is 10.5 Å². The zero-order valence-electron chi connectivity index (χ0n) is 9.49. The van der Waals surface area contributed by atoms with Gasteiger partial charge in [-0.15, -0.1) is 0 Å². The van der Waals surface area contributed by atoms with E-state index in [9.17, 15) is 0 Å². The fraction of sp³-hybridized carbons (Fsp3) is 0.154. The lowest BCUT2D eigenvalue weighted by Gasteiger charge is -2.05. The van der Waals surface area contributed by atoms with E-state index in [1.807, 2.05) is 47.2 Å². The van der Waals surface area contributed by atoms with E-state index in [1.165, 1.54) is 0 Å². The third-order valence-corrected chi connectivity index (χ3v) is 2.29. The van der Waals surface area contributed by atoms with Gasteiger partial charge in [-0.05, 0) is 24.3 Å². The maximum absolute atomic E-state index is 5.51. The molecule has 4 nitrogen and oxygen atoms in total. The summed E-state index contributed by atoms with van der Waals surface area (Å²) in [4.78, 5) is 4.00. The highest BCUT2D eigenvalue weighted by atomic mass is 16.5. The molecular weight excluding hydrogens is 214 g/mol. The van der Waals surface area contributed by atoms with Crippen molar-refractivity contribution < 1.29 is 4.74 Å². The number of nitrogens with two attached hydrogens (primary N) is 1. The first-order chi connectivity index (χ1) is 8.40. The quantitative estimate of drug-likeness (QED) is 0.795. The van der Waals surface area contributed by atoms with E-state index in [1.54, 1.807) is 12.5 Å². The molecule has 2 N–H and O–H groups in total. The van der Waals surface area contributed by atoms with Gasteiger partial charge in [0.2, 0.25) is 0 Å². The topological polar surface area (TPSA) is 53.1 Å². The molecule has 1 heterocycles. The molecule has 0 amide bonds. The summed E-state index contributed by atoms with van der Waals surface area (Å²) in [6.07, 6.45) is 9.20. The molecule has 0 spiro atoms. The Morgan fingerprint density at radius 1 is 1.24 bits per heavy atom. The summed E-state index contributed by atoms with van der Waals surface area (Å²) >= 11 is 0. The number of aromatic nitrogens is 2. The molecule has 0 radical (unpaired) electrons. The van der Waals surface area contributed by atoms with Crippen LogP contribution in [0.25, 0.3) is 5.69 Å². The molecule has 0 fully saturated rings. The number of rotatable bonds is 5. The molecule has 0 saturated heterocycles. The van der Waals surface area contributed by atoms with Crippen molar-refractivity contribution in [2.45, 2.75) is 0 Å². The monoisotopic (exact) mass is 229 g/mol. The molecule has 1 aromatic heterocycles. The highest BCUT2D eigenvalue weighted by molar-refractivity contribution is 5.37. The fourth-order valence-electron chi connectivity index (χ4n) is 1.43. The van der Waals surface area contributed by atoms with Gasteiger partial charge in [-0.3, -0.25) is 0 Å². The molecule has 0 aliphatic heterocycles. The van der Waals surface area contributed by atoms with E-state index in [0.29, 0.717) is 13.2 Å². The average molecular weight is 229 g/mol. The number of hydrogen-bond acceptors (Lipinski definition) is 3. The minimum atomic E-state index is 0.543. The molecule has 0 aliphatic carbocycles. The predicted molar refractivity (Wildman–Crippen MR) is 67.3 cm³/mol. The predicted octanol–water partition coefficient (Wildman–Crippen LogP) is 1.77. The maximum atomic E-state index is 5.51. The standard InChI is InChI=1S/C13H15N3O/c14-7-1-2-10-17-13-5-3-12(4-6-13)16-9-8-15-11-16/h1-6,8-9,11H,7,10,14H2/b2-1+. The van der Waals surface area contributed by atoms with Crippen LogP contribution in [0.3, 0.4) is 0 Å². The SMILES string of the molecule is NC/C=C/COc1ccc(-n2ccnc2)cc1. The molecule has 0 atom stereocenters. The number of benzene rings is 1. The Morgan fingerprint density at radius 2 is 2.06 bits per heavy atom. The molecule has 0 bridgehead atoms. The van der Waals surface area contributed by atoms with E-state index in [0.717, 1.165) is 11.4 Å². The Labute approximate surface area is 100 Å². The third-order valence-electron chi connectivity index (χ3n) is 2.29. The number of ether oxygens (including phenoxy) is 1. The van der Waals surface area contributed by atoms with Gasteiger partial charge in [-0.2, -0.15) is 0 Å². The highest BCUT2D eigenvalue weighted by Crippen LogP contribution is 2.14. The lowest BCUT2D eigenvalue weighted by molar-refractivity contribution is 0.362. The first-order valence-electron chi connectivity index (χ1n) is 5.46. The lowest BCUT2D eigenvalue weighted by atomic mass is 10.3. The Bertz CT molecular complexity index is 460. The van der Waals surface area contributed by atoms with Gasteiger partial charge in [-0.25, -0.2) is 4.98 Å². The van der Waals surface area contributed by atoms with E-state index < -0.39 is 0 Å². The molecule has 2 rings (SSSR count). The second-order valence-corrected chi connectivity index (χ2v) is 3.48. The zero-order chi connectivity index (χ0) is 11.9. The van der Waals surface area contributed by atoms with Crippen molar-refractivity contribution in [1.29, 1.82) is 0 Å². The summed E-state index contributed by atoms with van der Waals surface area (Å²) in [5, 5.41) is 0. The fourth-order valence-corrected chi connectivity index (χ4v) is 1.43. The van der Waals surface area contributed by atoms with Crippen LogP contribution in [0, 0.1) is 0 Å². The Balaban J connectivity index is 1.96. The van der Waals surface area contributed by atoms with Crippen LogP contribution in [0.1, 0.15) is 0 Å². The molecule has 88 valence electrons. The minimum Gasteiger partial charge on any atom is -0.490 e. The third kappa shape index (κ3) is 3.19. The second-order valence-electron chi connectivity index (χ2n) is 3.48. The minimum absolute atomic E-state index is 0.543. The van der Waals surface area contributed by atoms with Crippen molar-refractivity contribution in [1.82, 2.24) is 9.55 Å². The Kier molecular flexibility index (Phi) is 3.94. The van der Waals surface area contributed by atoms with Crippen molar-refractivity contribution in [3.8, 4) is 11.4 Å². The lowest BCUT2D eigenvalue weighted by Crippen LogP contribution is -1.97. The maximum Gasteiger partial charge on any atom is 0.119 e. The van der Waals surface area contributed by atoms with Gasteiger partial charge in [0.1, 0.15) is 12.4 Å². The first-order valence-corrected chi connectivity index (χ1v) is 5.46. The van der Waals surface area contributed by atoms with Crippen molar-refractivity contribution >= 4 is 0 Å². The molecule has 0 saturated carbocycles. The molecule has 1 aromatic carbocycles. The number of hydrogen-bond donors (Lipinski definition) is 1. The summed E-state index contributed by atoms with van der Waals surface area (Å²) in [7, 11) is 0. The van der Waals surface area contributed by atoms with Crippen molar-refractivity contribution in [3.05, 3.63) is 55.1 Å². The summed E-state index contributed by atoms with van der Waals surface area (Å²) in [6, 6.07) is 7.85. The van der Waals surface area contributed by atoms with Crippen molar-refractivity contribution in [2.24, 2.45) is 5.73 Å². The van der Waals surface area contributed by atoms with Gasteiger partial charge < -0.3 is 15.0 Å². The molecule has 17 heavy (non-hydrogen) atoms. The molecule has 0 aliphatic rings. The van der Waals surface area contributed by atoms with Crippen LogP contribution in [0.15, 0.2) is 55.1 Å². The van der Waals surface area contributed by atoms with Gasteiger partial charge in [0, 0.05) is 24.6 Å². The van der Waals surface area contributed by atoms with Crippen molar-refractivity contribution in [2.75, 3.05) is 13.2 Å². The zero-order valence-corrected chi connectivity index (χ0v) is 9.49. The molecular formula is C13H15N3O. The average Bonchev–Trinajstić information content (AvgIpc) is 2.89. The summed E-state index contributed by atoms with van der Waals surface area (Å²) < 4.78 is 7.46. The molecule has 2 aromatic rings. The summed E-state index contributed by atoms with van der Waals surface area (Å²) in [5.41, 5.74) is 6.39. The Hall–Kier alpha value is -2.07. The number of imidazole rings is 1. The van der Waals surface area contributed by atoms with Crippen LogP contribution >= 0.6 is 0 Å². The molecule has 4 heteroatoms. The van der Waals surface area contributed by atoms with Crippen molar-refractivity contribution in [3.63, 3.8) is 0 Å². The number of nitrogens with zero attached hydrogens (tertiary/aromatic N) is 2. The smallest absolute Gasteiger partial charge is 0.119 e. The second kappa shape index (κ2) is 5.86. The van der Waals surface area contributed by atoms with Crippen LogP contribution in [-0.4, -0.2) is 22.7 Å². The van der Waals surface area contributed by atoms with E-state index in [2.05, 4.69) is 4.98 Å². The summed E-state index contributed by atoms with van der Waals surface area (Å²) in [6.45, 7) is 1.09. The van der Waals surface area contributed by atoms with Crippen LogP contribution < -0.4 is 10.5 Å². The van der Waals surface area contributed by atoms with E-state index in [-0.39, 0.29) is 0 Å². The molecule has 0 unspecified atom stereocenters. The normalized spacial score (nSPS) is 10.9. The van der Waals surface area contributed by atoms with Gasteiger partial charge in [0.25, 0.3) is 0 Å². The largest absolute Gasteiger partial charge is 0.490 e. The van der Waals surface area contributed by atoms with Crippen LogP contribution in [0.4, 0.5) is 0 Å². The highest BCUT2D eigenvalue weighted by Gasteiger charge is 1.96. The first kappa shape index (κ1) is 11.4. The van der Waals surface area contributed by atoms with E-state index >= 15 is 0 Å². The van der Waals surface area contributed by atoms with Crippen LogP contribution in [0.5, 0.6) is 5.75 Å². The van der Waals surface area contributed by atoms with Gasteiger partial charge >= 0.3 is 0 Å². The van der Waals surface area contributed by atoms with Crippen LogP contribution in [0.2, 0.25) is 0 Å².